The minimum atomic E-state index is -0.392. The maximum Gasteiger partial charge on any atom is 0.266 e. The number of likely N-dealkylation sites (tertiary alicyclic amines) is 1. The molecule has 29 heavy (non-hydrogen) atoms. The van der Waals surface area contributed by atoms with Crippen molar-refractivity contribution in [1.29, 1.82) is 0 Å². The van der Waals surface area contributed by atoms with Crippen molar-refractivity contribution in [3.8, 4) is 0 Å². The van der Waals surface area contributed by atoms with E-state index in [9.17, 15) is 14.4 Å². The van der Waals surface area contributed by atoms with Crippen molar-refractivity contribution in [3.63, 3.8) is 0 Å². The van der Waals surface area contributed by atoms with E-state index in [0.29, 0.717) is 23.4 Å². The van der Waals surface area contributed by atoms with Gasteiger partial charge >= 0.3 is 0 Å². The third-order valence-corrected chi connectivity index (χ3v) is 5.60. The molecule has 2 aromatic carbocycles. The highest BCUT2D eigenvalue weighted by molar-refractivity contribution is 6.34. The number of anilines is 1. The van der Waals surface area contributed by atoms with Crippen molar-refractivity contribution >= 4 is 23.4 Å². The Hall–Kier alpha value is -2.99. The van der Waals surface area contributed by atoms with Gasteiger partial charge in [-0.3, -0.25) is 14.4 Å². The second kappa shape index (κ2) is 8.17. The maximum atomic E-state index is 12.9. The Kier molecular flexibility index (Phi) is 5.45. The van der Waals surface area contributed by atoms with Crippen molar-refractivity contribution in [2.75, 3.05) is 31.1 Å². The fourth-order valence-electron chi connectivity index (χ4n) is 3.92. The average Bonchev–Trinajstić information content (AvgIpc) is 2.99. The van der Waals surface area contributed by atoms with Gasteiger partial charge in [-0.05, 0) is 63.2 Å². The van der Waals surface area contributed by atoms with Crippen LogP contribution in [0.3, 0.4) is 0 Å². The number of imide groups is 1. The molecule has 6 heteroatoms. The van der Waals surface area contributed by atoms with E-state index in [-0.39, 0.29) is 17.4 Å². The topological polar surface area (TPSA) is 69.7 Å². The summed E-state index contributed by atoms with van der Waals surface area (Å²) in [6.07, 6.45) is 3.71. The molecular weight excluding hydrogens is 366 g/mol. The molecule has 2 aliphatic heterocycles. The van der Waals surface area contributed by atoms with Gasteiger partial charge in [-0.2, -0.15) is 0 Å². The van der Waals surface area contributed by atoms with E-state index < -0.39 is 5.91 Å². The van der Waals surface area contributed by atoms with E-state index in [1.165, 1.54) is 30.2 Å². The Morgan fingerprint density at radius 2 is 1.62 bits per heavy atom. The molecule has 4 rings (SSSR count). The lowest BCUT2D eigenvalue weighted by Gasteiger charge is -2.26. The molecule has 2 aliphatic rings. The molecule has 0 atom stereocenters. The smallest absolute Gasteiger partial charge is 0.266 e. The lowest BCUT2D eigenvalue weighted by atomic mass is 10.1. The number of amides is 3. The molecular formula is C23H25N3O3. The van der Waals surface area contributed by atoms with Crippen LogP contribution in [0, 0.1) is 6.92 Å². The van der Waals surface area contributed by atoms with E-state index in [1.54, 1.807) is 24.3 Å². The Morgan fingerprint density at radius 1 is 0.931 bits per heavy atom. The van der Waals surface area contributed by atoms with Gasteiger partial charge in [0.05, 0.1) is 16.8 Å². The predicted octanol–water partition coefficient (Wildman–Crippen LogP) is 3.01. The molecule has 0 saturated carbocycles. The van der Waals surface area contributed by atoms with E-state index in [0.717, 1.165) is 25.2 Å². The van der Waals surface area contributed by atoms with Gasteiger partial charge in [-0.15, -0.1) is 0 Å². The molecule has 0 radical (unpaired) electrons. The Labute approximate surface area is 170 Å². The Morgan fingerprint density at radius 3 is 2.34 bits per heavy atom. The fraction of sp³-hybridized carbons (Fsp3) is 0.348. The summed E-state index contributed by atoms with van der Waals surface area (Å²) in [4.78, 5) is 41.6. The molecule has 0 unspecified atom stereocenters. The van der Waals surface area contributed by atoms with Crippen LogP contribution in [0.2, 0.25) is 0 Å². The van der Waals surface area contributed by atoms with Crippen molar-refractivity contribution in [2.24, 2.45) is 0 Å². The Bertz CT molecular complexity index is 946. The lowest BCUT2D eigenvalue weighted by molar-refractivity contribution is 0.0923. The van der Waals surface area contributed by atoms with E-state index in [2.05, 4.69) is 10.2 Å². The second-order valence-corrected chi connectivity index (χ2v) is 7.70. The van der Waals surface area contributed by atoms with Crippen molar-refractivity contribution in [1.82, 2.24) is 10.2 Å². The van der Waals surface area contributed by atoms with Gasteiger partial charge in [-0.1, -0.05) is 24.1 Å². The zero-order valence-electron chi connectivity index (χ0n) is 16.6. The summed E-state index contributed by atoms with van der Waals surface area (Å²) in [5.41, 5.74) is 2.59. The molecule has 1 N–H and O–H groups in total. The molecule has 0 aromatic heterocycles. The lowest BCUT2D eigenvalue weighted by Crippen LogP contribution is -2.37. The molecule has 2 heterocycles. The van der Waals surface area contributed by atoms with Gasteiger partial charge in [0.25, 0.3) is 17.7 Å². The minimum Gasteiger partial charge on any atom is -0.351 e. The van der Waals surface area contributed by atoms with Crippen LogP contribution in [0.15, 0.2) is 42.5 Å². The van der Waals surface area contributed by atoms with Crippen LogP contribution in [0.1, 0.15) is 55.9 Å². The van der Waals surface area contributed by atoms with Crippen LogP contribution in [0.4, 0.5) is 5.69 Å². The highest BCUT2D eigenvalue weighted by Crippen LogP contribution is 2.29. The molecule has 0 bridgehead atoms. The number of carbonyl (C=O) groups is 3. The summed E-state index contributed by atoms with van der Waals surface area (Å²) in [5, 5.41) is 2.92. The van der Waals surface area contributed by atoms with E-state index in [1.807, 2.05) is 19.1 Å². The summed E-state index contributed by atoms with van der Waals surface area (Å²) in [6, 6.07) is 11.9. The van der Waals surface area contributed by atoms with E-state index in [4.69, 9.17) is 0 Å². The first-order valence-electron chi connectivity index (χ1n) is 10.1. The zero-order valence-corrected chi connectivity index (χ0v) is 16.6. The number of nitrogens with zero attached hydrogens (tertiary/aromatic N) is 2. The third-order valence-electron chi connectivity index (χ3n) is 5.60. The molecule has 0 spiro atoms. The van der Waals surface area contributed by atoms with Crippen molar-refractivity contribution in [2.45, 2.75) is 26.2 Å². The first-order chi connectivity index (χ1) is 14.0. The summed E-state index contributed by atoms with van der Waals surface area (Å²) in [7, 11) is 0. The van der Waals surface area contributed by atoms with Gasteiger partial charge in [0.2, 0.25) is 0 Å². The number of hydrogen-bond donors (Lipinski definition) is 1. The molecule has 0 aliphatic carbocycles. The number of nitrogens with one attached hydrogen (secondary N) is 1. The molecule has 1 fully saturated rings. The molecule has 6 nitrogen and oxygen atoms in total. The number of carbonyl (C=O) groups excluding carboxylic acids is 3. The largest absolute Gasteiger partial charge is 0.351 e. The van der Waals surface area contributed by atoms with E-state index >= 15 is 0 Å². The number of aryl methyl sites for hydroxylation is 1. The summed E-state index contributed by atoms with van der Waals surface area (Å²) in [5.74, 6) is -0.971. The standard InChI is InChI=1S/C23H25N3O3/c1-16-5-8-18(9-6-16)26-22(28)19-10-7-17(15-20(19)23(26)29)21(27)24-11-14-25-12-3-2-4-13-25/h5-10,15H,2-4,11-14H2,1H3,(H,24,27). The normalized spacial score (nSPS) is 16.8. The molecule has 150 valence electrons. The third kappa shape index (κ3) is 3.93. The first-order valence-corrected chi connectivity index (χ1v) is 10.1. The monoisotopic (exact) mass is 391 g/mol. The van der Waals surface area contributed by atoms with Gasteiger partial charge in [-0.25, -0.2) is 4.90 Å². The SMILES string of the molecule is Cc1ccc(N2C(=O)c3ccc(C(=O)NCCN4CCCCC4)cc3C2=O)cc1. The average molecular weight is 391 g/mol. The number of piperidine rings is 1. The summed E-state index contributed by atoms with van der Waals surface area (Å²) in [6.45, 7) is 5.51. The van der Waals surface area contributed by atoms with Crippen molar-refractivity contribution in [3.05, 3.63) is 64.7 Å². The predicted molar refractivity (Wildman–Crippen MR) is 111 cm³/mol. The highest BCUT2D eigenvalue weighted by atomic mass is 16.2. The summed E-state index contributed by atoms with van der Waals surface area (Å²) >= 11 is 0. The zero-order chi connectivity index (χ0) is 20.4. The molecule has 2 aromatic rings. The van der Waals surface area contributed by atoms with Crippen LogP contribution >= 0.6 is 0 Å². The van der Waals surface area contributed by atoms with Crippen LogP contribution < -0.4 is 10.2 Å². The first kappa shape index (κ1) is 19.3. The van der Waals surface area contributed by atoms with Crippen molar-refractivity contribution < 1.29 is 14.4 Å². The fourth-order valence-corrected chi connectivity index (χ4v) is 3.92. The van der Waals surface area contributed by atoms with Crippen LogP contribution in [-0.4, -0.2) is 48.8 Å². The number of fused-ring (bicyclic) bond motifs is 1. The van der Waals surface area contributed by atoms with Gasteiger partial charge < -0.3 is 10.2 Å². The maximum absolute atomic E-state index is 12.9. The van der Waals surface area contributed by atoms with Crippen LogP contribution in [0.5, 0.6) is 0 Å². The number of benzene rings is 2. The van der Waals surface area contributed by atoms with Gasteiger partial charge in [0.1, 0.15) is 0 Å². The minimum absolute atomic E-state index is 0.223. The molecule has 1 saturated heterocycles. The van der Waals surface area contributed by atoms with Gasteiger partial charge in [0, 0.05) is 18.7 Å². The van der Waals surface area contributed by atoms with Crippen LogP contribution in [0.25, 0.3) is 0 Å². The molecule has 3 amide bonds. The Balaban J connectivity index is 1.45. The number of rotatable bonds is 5. The highest BCUT2D eigenvalue weighted by Gasteiger charge is 2.37. The quantitative estimate of drug-likeness (QED) is 0.796. The summed E-state index contributed by atoms with van der Waals surface area (Å²) < 4.78 is 0. The van der Waals surface area contributed by atoms with Gasteiger partial charge in [0.15, 0.2) is 0 Å². The van der Waals surface area contributed by atoms with Crippen LogP contribution in [-0.2, 0) is 0 Å². The second-order valence-electron chi connectivity index (χ2n) is 7.70. The number of hydrogen-bond acceptors (Lipinski definition) is 4.